The van der Waals surface area contributed by atoms with E-state index in [1.165, 1.54) is 13.0 Å². The first-order valence-electron chi connectivity index (χ1n) is 6.41. The summed E-state index contributed by atoms with van der Waals surface area (Å²) in [6.45, 7) is 1.53. The van der Waals surface area contributed by atoms with E-state index in [9.17, 15) is 22.4 Å². The monoisotopic (exact) mass is 322 g/mol. The molecule has 0 bridgehead atoms. The second kappa shape index (κ2) is 6.08. The predicted molar refractivity (Wildman–Crippen MR) is 75.2 cm³/mol. The van der Waals surface area contributed by atoms with Crippen LogP contribution in [-0.4, -0.2) is 5.91 Å². The molecule has 1 amide bonds. The molecule has 118 valence electrons. The van der Waals surface area contributed by atoms with Gasteiger partial charge in [0.05, 0.1) is 22.9 Å². The molecule has 2 aromatic rings. The number of halogens is 4. The van der Waals surface area contributed by atoms with Crippen molar-refractivity contribution in [2.24, 2.45) is 0 Å². The van der Waals surface area contributed by atoms with Gasteiger partial charge in [0.15, 0.2) is 0 Å². The van der Waals surface area contributed by atoms with E-state index in [4.69, 9.17) is 5.26 Å². The highest BCUT2D eigenvalue weighted by atomic mass is 19.4. The molecule has 0 fully saturated rings. The lowest BCUT2D eigenvalue weighted by molar-refractivity contribution is -0.137. The molecule has 0 aliphatic rings. The van der Waals surface area contributed by atoms with Crippen LogP contribution in [0.4, 0.5) is 23.2 Å². The van der Waals surface area contributed by atoms with E-state index in [0.717, 1.165) is 24.3 Å². The number of nitrogens with one attached hydrogen (secondary N) is 1. The van der Waals surface area contributed by atoms with Crippen molar-refractivity contribution < 1.29 is 22.4 Å². The Balaban J connectivity index is 2.32. The number of carbonyl (C=O) groups excluding carboxylic acids is 1. The van der Waals surface area contributed by atoms with Crippen molar-refractivity contribution in [2.45, 2.75) is 13.1 Å². The Kier molecular flexibility index (Phi) is 4.36. The van der Waals surface area contributed by atoms with Gasteiger partial charge in [0.2, 0.25) is 0 Å². The van der Waals surface area contributed by atoms with Gasteiger partial charge in [0, 0.05) is 5.56 Å². The number of nitriles is 1. The number of aryl methyl sites for hydroxylation is 1. The van der Waals surface area contributed by atoms with E-state index in [1.807, 2.05) is 6.07 Å². The van der Waals surface area contributed by atoms with Crippen molar-refractivity contribution in [3.63, 3.8) is 0 Å². The number of carbonyl (C=O) groups is 1. The van der Waals surface area contributed by atoms with E-state index in [1.54, 1.807) is 0 Å². The number of amides is 1. The van der Waals surface area contributed by atoms with Crippen LogP contribution < -0.4 is 5.32 Å². The number of hydrogen-bond donors (Lipinski definition) is 1. The van der Waals surface area contributed by atoms with E-state index < -0.39 is 23.5 Å². The summed E-state index contributed by atoms with van der Waals surface area (Å²) in [6, 6.07) is 7.82. The molecule has 1 N–H and O–H groups in total. The van der Waals surface area contributed by atoms with Crippen LogP contribution in [0.25, 0.3) is 0 Å². The molecule has 23 heavy (non-hydrogen) atoms. The highest BCUT2D eigenvalue weighted by Gasteiger charge is 2.30. The zero-order valence-corrected chi connectivity index (χ0v) is 11.8. The zero-order chi connectivity index (χ0) is 17.2. The van der Waals surface area contributed by atoms with Crippen molar-refractivity contribution in [2.75, 3.05) is 5.32 Å². The molecule has 0 aliphatic heterocycles. The van der Waals surface area contributed by atoms with Gasteiger partial charge < -0.3 is 5.32 Å². The molecule has 0 radical (unpaired) electrons. The molecule has 3 nitrogen and oxygen atoms in total. The number of benzene rings is 2. The fourth-order valence-corrected chi connectivity index (χ4v) is 1.92. The smallest absolute Gasteiger partial charge is 0.319 e. The Morgan fingerprint density at radius 3 is 2.52 bits per heavy atom. The number of nitrogens with zero attached hydrogens (tertiary/aromatic N) is 1. The van der Waals surface area contributed by atoms with Crippen LogP contribution in [-0.2, 0) is 6.18 Å². The minimum absolute atomic E-state index is 0.158. The van der Waals surface area contributed by atoms with Gasteiger partial charge in [-0.05, 0) is 42.8 Å². The number of alkyl halides is 3. The van der Waals surface area contributed by atoms with Gasteiger partial charge in [-0.2, -0.15) is 18.4 Å². The third-order valence-electron chi connectivity index (χ3n) is 3.13. The summed E-state index contributed by atoms with van der Waals surface area (Å²) in [7, 11) is 0. The lowest BCUT2D eigenvalue weighted by Gasteiger charge is -2.10. The molecule has 0 spiro atoms. The summed E-state index contributed by atoms with van der Waals surface area (Å²) in [5.41, 5.74) is -0.965. The van der Waals surface area contributed by atoms with Crippen LogP contribution in [0, 0.1) is 24.1 Å². The van der Waals surface area contributed by atoms with Gasteiger partial charge in [0.25, 0.3) is 5.91 Å². The Hall–Kier alpha value is -2.88. The molecule has 0 aliphatic carbocycles. The Morgan fingerprint density at radius 1 is 1.22 bits per heavy atom. The second-order valence-corrected chi connectivity index (χ2v) is 4.79. The fourth-order valence-electron chi connectivity index (χ4n) is 1.92. The molecular formula is C16H10F4N2O. The van der Waals surface area contributed by atoms with Crippen molar-refractivity contribution in [1.82, 2.24) is 0 Å². The molecule has 0 heterocycles. The molecule has 0 aromatic heterocycles. The Morgan fingerprint density at radius 2 is 1.91 bits per heavy atom. The largest absolute Gasteiger partial charge is 0.416 e. The summed E-state index contributed by atoms with van der Waals surface area (Å²) in [4.78, 5) is 12.0. The van der Waals surface area contributed by atoms with Crippen LogP contribution in [0.3, 0.4) is 0 Å². The van der Waals surface area contributed by atoms with Crippen molar-refractivity contribution in [3.05, 3.63) is 64.5 Å². The molecule has 2 aromatic carbocycles. The van der Waals surface area contributed by atoms with Crippen LogP contribution in [0.15, 0.2) is 36.4 Å². The van der Waals surface area contributed by atoms with Gasteiger partial charge in [-0.1, -0.05) is 6.07 Å². The molecule has 0 saturated heterocycles. The first kappa shape index (κ1) is 16.5. The maximum Gasteiger partial charge on any atom is 0.416 e. The maximum atomic E-state index is 13.8. The van der Waals surface area contributed by atoms with Gasteiger partial charge in [-0.3, -0.25) is 4.79 Å². The standard InChI is InChI=1S/C16H10F4N2O/c1-9-5-13(17)14(7-11(9)8-21)22-15(23)10-3-2-4-12(6-10)16(18,19)20/h2-7H,1H3,(H,22,23). The highest BCUT2D eigenvalue weighted by Crippen LogP contribution is 2.29. The number of hydrogen-bond acceptors (Lipinski definition) is 2. The Labute approximate surface area is 129 Å². The summed E-state index contributed by atoms with van der Waals surface area (Å²) in [5.74, 6) is -1.68. The van der Waals surface area contributed by atoms with E-state index in [0.29, 0.717) is 11.6 Å². The lowest BCUT2D eigenvalue weighted by atomic mass is 10.1. The summed E-state index contributed by atoms with van der Waals surface area (Å²) in [6.07, 6.45) is -4.58. The van der Waals surface area contributed by atoms with Crippen LogP contribution in [0.1, 0.15) is 27.0 Å². The molecule has 0 saturated carbocycles. The first-order chi connectivity index (χ1) is 10.7. The van der Waals surface area contributed by atoms with E-state index in [2.05, 4.69) is 5.32 Å². The minimum Gasteiger partial charge on any atom is -0.319 e. The molecule has 2 rings (SSSR count). The summed E-state index contributed by atoms with van der Waals surface area (Å²) in [5, 5.41) is 11.1. The number of rotatable bonds is 2. The van der Waals surface area contributed by atoms with E-state index in [-0.39, 0.29) is 16.8 Å². The predicted octanol–water partition coefficient (Wildman–Crippen LogP) is 4.28. The van der Waals surface area contributed by atoms with Crippen LogP contribution >= 0.6 is 0 Å². The molecule has 7 heteroatoms. The third kappa shape index (κ3) is 3.66. The average molecular weight is 322 g/mol. The lowest BCUT2D eigenvalue weighted by Crippen LogP contribution is -2.15. The van der Waals surface area contributed by atoms with Gasteiger partial charge >= 0.3 is 6.18 Å². The van der Waals surface area contributed by atoms with Gasteiger partial charge in [0.1, 0.15) is 5.82 Å². The normalized spacial score (nSPS) is 11.0. The number of anilines is 1. The van der Waals surface area contributed by atoms with Crippen LogP contribution in [0.5, 0.6) is 0 Å². The average Bonchev–Trinajstić information content (AvgIpc) is 2.49. The maximum absolute atomic E-state index is 13.8. The molecule has 0 unspecified atom stereocenters. The second-order valence-electron chi connectivity index (χ2n) is 4.79. The Bertz CT molecular complexity index is 807. The summed E-state index contributed by atoms with van der Waals surface area (Å²) >= 11 is 0. The van der Waals surface area contributed by atoms with Gasteiger partial charge in [-0.25, -0.2) is 4.39 Å². The SMILES string of the molecule is Cc1cc(F)c(NC(=O)c2cccc(C(F)(F)F)c2)cc1C#N. The first-order valence-corrected chi connectivity index (χ1v) is 6.41. The van der Waals surface area contributed by atoms with Crippen molar-refractivity contribution in [3.8, 4) is 6.07 Å². The van der Waals surface area contributed by atoms with Crippen molar-refractivity contribution in [1.29, 1.82) is 5.26 Å². The topological polar surface area (TPSA) is 52.9 Å². The molecule has 0 atom stereocenters. The fraction of sp³-hybridized carbons (Fsp3) is 0.125. The summed E-state index contributed by atoms with van der Waals surface area (Å²) < 4.78 is 51.7. The van der Waals surface area contributed by atoms with E-state index >= 15 is 0 Å². The third-order valence-corrected chi connectivity index (χ3v) is 3.13. The minimum atomic E-state index is -4.58. The van der Waals surface area contributed by atoms with Crippen molar-refractivity contribution >= 4 is 11.6 Å². The molecular weight excluding hydrogens is 312 g/mol. The zero-order valence-electron chi connectivity index (χ0n) is 11.8. The van der Waals surface area contributed by atoms with Crippen LogP contribution in [0.2, 0.25) is 0 Å². The van der Waals surface area contributed by atoms with Gasteiger partial charge in [-0.15, -0.1) is 0 Å². The quantitative estimate of drug-likeness (QED) is 0.839. The highest BCUT2D eigenvalue weighted by molar-refractivity contribution is 6.04.